The lowest BCUT2D eigenvalue weighted by molar-refractivity contribution is -0.116. The summed E-state index contributed by atoms with van der Waals surface area (Å²) in [6.07, 6.45) is 1.55. The quantitative estimate of drug-likeness (QED) is 0.661. The Labute approximate surface area is 164 Å². The number of hydrogen-bond donors (Lipinski definition) is 2. The van der Waals surface area contributed by atoms with E-state index >= 15 is 0 Å². The van der Waals surface area contributed by atoms with Gasteiger partial charge in [-0.1, -0.05) is 6.07 Å². The fourth-order valence-electron chi connectivity index (χ4n) is 2.59. The molecule has 0 aromatic heterocycles. The Morgan fingerprint density at radius 3 is 2.39 bits per heavy atom. The summed E-state index contributed by atoms with van der Waals surface area (Å²) in [6, 6.07) is 12.9. The van der Waals surface area contributed by atoms with Crippen molar-refractivity contribution in [2.75, 3.05) is 29.5 Å². The smallest absolute Gasteiger partial charge is 0.248 e. The third-order valence-corrected chi connectivity index (χ3v) is 5.15. The summed E-state index contributed by atoms with van der Waals surface area (Å²) in [5, 5.41) is 2.67. The normalized spacial score (nSPS) is 10.9. The first kappa shape index (κ1) is 21.2. The van der Waals surface area contributed by atoms with Crippen molar-refractivity contribution < 1.29 is 22.7 Å². The molecule has 0 saturated heterocycles. The number of nitrogens with zero attached hydrogens (tertiary/aromatic N) is 1. The topological polar surface area (TPSA) is 119 Å². The fourth-order valence-corrected chi connectivity index (χ4v) is 3.56. The zero-order chi connectivity index (χ0) is 20.7. The molecule has 0 radical (unpaired) electrons. The van der Waals surface area contributed by atoms with Crippen molar-refractivity contribution in [3.63, 3.8) is 0 Å². The SMILES string of the molecule is COc1ccc(N(CCCC(=O)Nc2cccc(C(N)=O)c2)S(C)(=O)=O)cc1. The predicted molar refractivity (Wildman–Crippen MR) is 108 cm³/mol. The van der Waals surface area contributed by atoms with E-state index in [0.29, 0.717) is 29.1 Å². The van der Waals surface area contributed by atoms with Crippen LogP contribution in [0.1, 0.15) is 23.2 Å². The summed E-state index contributed by atoms with van der Waals surface area (Å²) in [7, 11) is -1.97. The van der Waals surface area contributed by atoms with E-state index in [0.717, 1.165) is 6.26 Å². The molecule has 8 nitrogen and oxygen atoms in total. The molecule has 2 amide bonds. The molecule has 2 aromatic carbocycles. The maximum absolute atomic E-state index is 12.1. The van der Waals surface area contributed by atoms with Crippen molar-refractivity contribution in [2.24, 2.45) is 5.73 Å². The number of nitrogens with two attached hydrogens (primary N) is 1. The van der Waals surface area contributed by atoms with Crippen LogP contribution in [0.3, 0.4) is 0 Å². The second-order valence-electron chi connectivity index (χ2n) is 6.13. The lowest BCUT2D eigenvalue weighted by atomic mass is 10.2. The monoisotopic (exact) mass is 405 g/mol. The fraction of sp³-hybridized carbons (Fsp3) is 0.263. The van der Waals surface area contributed by atoms with Crippen molar-refractivity contribution in [3.05, 3.63) is 54.1 Å². The molecule has 0 aliphatic carbocycles. The first-order valence-corrected chi connectivity index (χ1v) is 10.4. The van der Waals surface area contributed by atoms with E-state index in [-0.39, 0.29) is 18.9 Å². The molecule has 0 unspecified atom stereocenters. The van der Waals surface area contributed by atoms with Gasteiger partial charge in [0.25, 0.3) is 0 Å². The lowest BCUT2D eigenvalue weighted by Crippen LogP contribution is -2.31. The van der Waals surface area contributed by atoms with Gasteiger partial charge in [0.2, 0.25) is 21.8 Å². The van der Waals surface area contributed by atoms with Gasteiger partial charge < -0.3 is 15.8 Å². The van der Waals surface area contributed by atoms with Crippen LogP contribution in [-0.2, 0) is 14.8 Å². The minimum Gasteiger partial charge on any atom is -0.497 e. The van der Waals surface area contributed by atoms with Crippen LogP contribution in [0.2, 0.25) is 0 Å². The minimum absolute atomic E-state index is 0.114. The molecule has 0 spiro atoms. The summed E-state index contributed by atoms with van der Waals surface area (Å²) in [5.74, 6) is -0.251. The number of primary amides is 1. The molecule has 2 rings (SSSR count). The molecule has 150 valence electrons. The van der Waals surface area contributed by atoms with Crippen LogP contribution in [0.25, 0.3) is 0 Å². The predicted octanol–water partition coefficient (Wildman–Crippen LogP) is 1.98. The van der Waals surface area contributed by atoms with Gasteiger partial charge in [-0.25, -0.2) is 8.42 Å². The van der Waals surface area contributed by atoms with Crippen LogP contribution in [0, 0.1) is 0 Å². The molecule has 0 saturated carbocycles. The Morgan fingerprint density at radius 1 is 1.14 bits per heavy atom. The molecular formula is C19H23N3O5S. The average Bonchev–Trinajstić information content (AvgIpc) is 2.64. The molecule has 3 N–H and O–H groups in total. The Bertz CT molecular complexity index is 942. The van der Waals surface area contributed by atoms with Crippen molar-refractivity contribution in [3.8, 4) is 5.75 Å². The second-order valence-corrected chi connectivity index (χ2v) is 8.04. The van der Waals surface area contributed by atoms with Crippen LogP contribution in [0.15, 0.2) is 48.5 Å². The minimum atomic E-state index is -3.50. The highest BCUT2D eigenvalue weighted by Gasteiger charge is 2.17. The standard InChI is InChI=1S/C19H23N3O5S/c1-27-17-10-8-16(9-11-17)22(28(2,25)26)12-4-7-18(23)21-15-6-3-5-14(13-15)19(20)24/h3,5-6,8-11,13H,4,7,12H2,1-2H3,(H2,20,24)(H,21,23). The molecule has 9 heteroatoms. The molecule has 0 aliphatic rings. The molecule has 2 aromatic rings. The number of carbonyl (C=O) groups excluding carboxylic acids is 2. The Hall–Kier alpha value is -3.07. The zero-order valence-corrected chi connectivity index (χ0v) is 16.5. The lowest BCUT2D eigenvalue weighted by Gasteiger charge is -2.22. The van der Waals surface area contributed by atoms with Crippen LogP contribution in [0.4, 0.5) is 11.4 Å². The number of anilines is 2. The highest BCUT2D eigenvalue weighted by atomic mass is 32.2. The van der Waals surface area contributed by atoms with Gasteiger partial charge in [0, 0.05) is 24.2 Å². The van der Waals surface area contributed by atoms with Crippen LogP contribution in [0.5, 0.6) is 5.75 Å². The van der Waals surface area contributed by atoms with Gasteiger partial charge in [-0.05, 0) is 48.9 Å². The van der Waals surface area contributed by atoms with Gasteiger partial charge in [-0.15, -0.1) is 0 Å². The first-order chi connectivity index (χ1) is 13.2. The van der Waals surface area contributed by atoms with Gasteiger partial charge in [-0.2, -0.15) is 0 Å². The summed E-state index contributed by atoms with van der Waals surface area (Å²) < 4.78 is 30.5. The number of amides is 2. The van der Waals surface area contributed by atoms with Crippen molar-refractivity contribution in [1.82, 2.24) is 0 Å². The van der Waals surface area contributed by atoms with E-state index in [9.17, 15) is 18.0 Å². The molecule has 0 fully saturated rings. The maximum Gasteiger partial charge on any atom is 0.248 e. The number of benzene rings is 2. The maximum atomic E-state index is 12.1. The van der Waals surface area contributed by atoms with Crippen molar-refractivity contribution in [1.29, 1.82) is 0 Å². The molecule has 0 atom stereocenters. The first-order valence-electron chi connectivity index (χ1n) is 8.52. The number of sulfonamides is 1. The largest absolute Gasteiger partial charge is 0.497 e. The Kier molecular flexibility index (Phi) is 7.00. The number of rotatable bonds is 9. The number of nitrogens with one attached hydrogen (secondary N) is 1. The number of methoxy groups -OCH3 is 1. The van der Waals surface area contributed by atoms with Crippen molar-refractivity contribution in [2.45, 2.75) is 12.8 Å². The molecule has 28 heavy (non-hydrogen) atoms. The van der Waals surface area contributed by atoms with E-state index in [2.05, 4.69) is 5.32 Å². The van der Waals surface area contributed by atoms with E-state index in [1.54, 1.807) is 42.5 Å². The highest BCUT2D eigenvalue weighted by molar-refractivity contribution is 7.92. The third kappa shape index (κ3) is 5.98. The summed E-state index contributed by atoms with van der Waals surface area (Å²) >= 11 is 0. The van der Waals surface area contributed by atoms with Crippen LogP contribution < -0.4 is 20.1 Å². The Balaban J connectivity index is 1.97. The summed E-state index contributed by atoms with van der Waals surface area (Å²) in [5.41, 5.74) is 6.46. The van der Waals surface area contributed by atoms with E-state index in [1.165, 1.54) is 17.5 Å². The van der Waals surface area contributed by atoms with Gasteiger partial charge in [0.05, 0.1) is 19.1 Å². The van der Waals surface area contributed by atoms with E-state index in [1.807, 2.05) is 0 Å². The van der Waals surface area contributed by atoms with E-state index in [4.69, 9.17) is 10.5 Å². The van der Waals surface area contributed by atoms with E-state index < -0.39 is 15.9 Å². The average molecular weight is 405 g/mol. The van der Waals surface area contributed by atoms with Gasteiger partial charge in [0.1, 0.15) is 5.75 Å². The zero-order valence-electron chi connectivity index (χ0n) is 15.7. The van der Waals surface area contributed by atoms with Crippen LogP contribution >= 0.6 is 0 Å². The number of carbonyl (C=O) groups is 2. The molecule has 0 bridgehead atoms. The van der Waals surface area contributed by atoms with Gasteiger partial charge in [0.15, 0.2) is 0 Å². The molecule has 0 aliphatic heterocycles. The molecule has 0 heterocycles. The Morgan fingerprint density at radius 2 is 1.82 bits per heavy atom. The summed E-state index contributed by atoms with van der Waals surface area (Å²) in [6.45, 7) is 0.153. The third-order valence-electron chi connectivity index (χ3n) is 3.96. The highest BCUT2D eigenvalue weighted by Crippen LogP contribution is 2.22. The number of ether oxygens (including phenoxy) is 1. The number of hydrogen-bond acceptors (Lipinski definition) is 5. The summed E-state index contributed by atoms with van der Waals surface area (Å²) in [4.78, 5) is 23.3. The van der Waals surface area contributed by atoms with Crippen molar-refractivity contribution >= 4 is 33.2 Å². The van der Waals surface area contributed by atoms with Crippen LogP contribution in [-0.4, -0.2) is 40.1 Å². The van der Waals surface area contributed by atoms with Gasteiger partial charge >= 0.3 is 0 Å². The second kappa shape index (κ2) is 9.23. The van der Waals surface area contributed by atoms with Gasteiger partial charge in [-0.3, -0.25) is 13.9 Å². The molecular weight excluding hydrogens is 382 g/mol.